The summed E-state index contributed by atoms with van der Waals surface area (Å²) in [4.78, 5) is 113. The first kappa shape index (κ1) is 117. The summed E-state index contributed by atoms with van der Waals surface area (Å²) in [6, 6.07) is -3.58. The molecule has 0 aliphatic carbocycles. The van der Waals surface area contributed by atoms with E-state index in [1.54, 1.807) is 0 Å². The minimum atomic E-state index is -5.59. The standard InChI is InChI=1S/C98H188N2O22P2/c1-6-11-16-21-26-31-36-39-42-45-50-53-58-63-68-73-82(102)78-86(103)99-91-95(119-89(106)76-71-66-61-55-48-34-29-24-19-14-9-4)93(108)85(118-98(91)122-124(112,113)114)81-115-97-92(96(94(84(80-101)117-97)121-123(109,110)111)120-90(107)77-72-67-62-56-49-35-30-25-20-15-10-5)100-87(104)79-83(74-69-64-59-54-51-46-43-40-37-32-27-22-17-12-7-2)116-88(105)75-70-65-60-57-52-47-44-41-38-33-28-23-18-13-8-3/h82-85,91-98,101-102,108H,6-81H2,1-5H3,(H,99,103)(H,100,104)(H2,109,110,111)(H2,112,113,114)/t82-,83-,84-,85-,91-,92-,93-,94-,95-,96-,97-,98-/m1/s1. The lowest BCUT2D eigenvalue weighted by Crippen LogP contribution is -2.68. The zero-order valence-electron chi connectivity index (χ0n) is 79.3. The lowest BCUT2D eigenvalue weighted by molar-refractivity contribution is -0.296. The molecule has 0 unspecified atom stereocenters. The van der Waals surface area contributed by atoms with Gasteiger partial charge in [-0.1, -0.05) is 439 Å². The van der Waals surface area contributed by atoms with Gasteiger partial charge in [0.1, 0.15) is 42.6 Å². The fraction of sp³-hybridized carbons (Fsp3) is 0.949. The number of unbranched alkanes of at least 4 members (excludes halogenated alkanes) is 62. The Balaban J connectivity index is 2.58. The largest absolute Gasteiger partial charge is 0.472 e. The van der Waals surface area contributed by atoms with Crippen LogP contribution in [0, 0.1) is 0 Å². The van der Waals surface area contributed by atoms with Crippen LogP contribution in [0.4, 0.5) is 0 Å². The van der Waals surface area contributed by atoms with Crippen molar-refractivity contribution < 1.29 is 105 Å². The van der Waals surface area contributed by atoms with Crippen molar-refractivity contribution in [3.05, 3.63) is 0 Å². The van der Waals surface area contributed by atoms with Gasteiger partial charge in [0.15, 0.2) is 24.8 Å². The zero-order valence-corrected chi connectivity index (χ0v) is 81.1. The number of amides is 2. The van der Waals surface area contributed by atoms with Crippen molar-refractivity contribution in [1.82, 2.24) is 10.6 Å². The van der Waals surface area contributed by atoms with Crippen LogP contribution < -0.4 is 10.6 Å². The van der Waals surface area contributed by atoms with Gasteiger partial charge >= 0.3 is 33.6 Å². The van der Waals surface area contributed by atoms with Crippen molar-refractivity contribution in [3.63, 3.8) is 0 Å². The number of ether oxygens (including phenoxy) is 6. The van der Waals surface area contributed by atoms with E-state index in [-0.39, 0.29) is 25.7 Å². The van der Waals surface area contributed by atoms with Gasteiger partial charge in [0, 0.05) is 19.3 Å². The van der Waals surface area contributed by atoms with E-state index in [0.29, 0.717) is 51.4 Å². The molecule has 0 aromatic heterocycles. The number of carbonyl (C=O) groups is 5. The fourth-order valence-electron chi connectivity index (χ4n) is 17.4. The molecule has 0 spiro atoms. The molecular formula is C98H188N2O22P2. The Morgan fingerprint density at radius 3 is 0.927 bits per heavy atom. The molecule has 9 N–H and O–H groups in total. The van der Waals surface area contributed by atoms with Gasteiger partial charge < -0.3 is 73.9 Å². The lowest BCUT2D eigenvalue weighted by atomic mass is 9.95. The first-order valence-corrected chi connectivity index (χ1v) is 54.7. The second kappa shape index (κ2) is 80.0. The number of phosphoric acid groups is 2. The van der Waals surface area contributed by atoms with E-state index in [0.717, 1.165) is 148 Å². The molecule has 2 fully saturated rings. The molecule has 0 radical (unpaired) electrons. The summed E-state index contributed by atoms with van der Waals surface area (Å²) in [5.74, 6) is -3.76. The summed E-state index contributed by atoms with van der Waals surface area (Å²) in [6.07, 6.45) is 55.7. The molecule has 2 aliphatic heterocycles. The number of hydrogen-bond acceptors (Lipinski definition) is 18. The maximum Gasteiger partial charge on any atom is 0.472 e. The molecule has 0 bridgehead atoms. The molecule has 0 saturated carbocycles. The van der Waals surface area contributed by atoms with Crippen LogP contribution in [0.25, 0.3) is 0 Å². The van der Waals surface area contributed by atoms with Crippen LogP contribution in [0.2, 0.25) is 0 Å². The molecule has 12 atom stereocenters. The van der Waals surface area contributed by atoms with Gasteiger partial charge in [0.2, 0.25) is 11.8 Å². The first-order chi connectivity index (χ1) is 60.1. The number of hydrogen-bond donors (Lipinski definition) is 9. The van der Waals surface area contributed by atoms with Gasteiger partial charge in [-0.3, -0.25) is 33.0 Å². The molecule has 0 aromatic rings. The van der Waals surface area contributed by atoms with E-state index in [2.05, 4.69) is 45.3 Å². The summed E-state index contributed by atoms with van der Waals surface area (Å²) in [6.45, 7) is 9.17. The van der Waals surface area contributed by atoms with Gasteiger partial charge in [-0.2, -0.15) is 0 Å². The fourth-order valence-corrected chi connectivity index (χ4v) is 18.4. The molecule has 24 nitrogen and oxygen atoms in total. The predicted molar refractivity (Wildman–Crippen MR) is 496 cm³/mol. The van der Waals surface area contributed by atoms with E-state index in [1.165, 1.54) is 238 Å². The predicted octanol–water partition coefficient (Wildman–Crippen LogP) is 24.4. The molecule has 2 saturated heterocycles. The Labute approximate surface area is 754 Å². The van der Waals surface area contributed by atoms with Crippen molar-refractivity contribution in [2.75, 3.05) is 13.2 Å². The van der Waals surface area contributed by atoms with Crippen LogP contribution in [-0.2, 0) is 70.6 Å². The Kier molecular flexibility index (Phi) is 75.8. The van der Waals surface area contributed by atoms with Crippen molar-refractivity contribution in [3.8, 4) is 0 Å². The Hall–Kier alpha value is -2.67. The second-order valence-electron chi connectivity index (χ2n) is 36.8. The Morgan fingerprint density at radius 2 is 0.605 bits per heavy atom. The number of aliphatic hydroxyl groups excluding tert-OH is 3. The average molecular weight is 1810 g/mol. The molecule has 124 heavy (non-hydrogen) atoms. The first-order valence-electron chi connectivity index (χ1n) is 51.6. The minimum absolute atomic E-state index is 0.132. The molecule has 2 aliphatic rings. The number of rotatable bonds is 89. The smallest absolute Gasteiger partial charge is 0.462 e. The van der Waals surface area contributed by atoms with Crippen LogP contribution in [0.1, 0.15) is 510 Å². The SMILES string of the molecule is CCCCCCCCCCCCCCCCCC(=O)O[C@H](CCCCCCCCCCCCCCCCC)CC(=O)N[C@H]1[C@H](OC[C@H]2O[C@H](OP(=O)(O)O)[C@H](NC(=O)C[C@H](O)CCCCCCCCCCCCCCCCC)[C@@H](OC(=O)CCCCCCCCCCCCC)[C@@H]2O)O[C@H](CO)[C@@H](OP(=O)(O)O)[C@@H]1OC(=O)CCCCCCCCCCCCC. The van der Waals surface area contributed by atoms with Crippen molar-refractivity contribution in [1.29, 1.82) is 0 Å². The van der Waals surface area contributed by atoms with Crippen molar-refractivity contribution in [2.24, 2.45) is 0 Å². The van der Waals surface area contributed by atoms with E-state index < -0.39 is 145 Å². The number of phosphoric ester groups is 2. The highest BCUT2D eigenvalue weighted by Crippen LogP contribution is 2.44. The highest BCUT2D eigenvalue weighted by atomic mass is 31.2. The van der Waals surface area contributed by atoms with Gasteiger partial charge in [-0.05, 0) is 38.5 Å². The monoisotopic (exact) mass is 1810 g/mol. The molecule has 2 heterocycles. The number of aliphatic hydroxyl groups is 3. The molecule has 2 amide bonds. The van der Waals surface area contributed by atoms with E-state index in [4.69, 9.17) is 37.5 Å². The highest BCUT2D eigenvalue weighted by molar-refractivity contribution is 7.46. The van der Waals surface area contributed by atoms with Crippen molar-refractivity contribution in [2.45, 2.75) is 583 Å². The van der Waals surface area contributed by atoms with Gasteiger partial charge in [0.05, 0.1) is 32.2 Å². The summed E-state index contributed by atoms with van der Waals surface area (Å²) in [7, 11) is -11.1. The summed E-state index contributed by atoms with van der Waals surface area (Å²) >= 11 is 0. The molecule has 0 aromatic carbocycles. The maximum absolute atomic E-state index is 15.1. The van der Waals surface area contributed by atoms with E-state index in [9.17, 15) is 63.2 Å². The molecule has 26 heteroatoms. The Bertz CT molecular complexity index is 2620. The number of carbonyl (C=O) groups excluding carboxylic acids is 5. The summed E-state index contributed by atoms with van der Waals surface area (Å²) < 4.78 is 73.8. The van der Waals surface area contributed by atoms with Crippen LogP contribution in [-0.4, -0.2) is 151 Å². The molecule has 732 valence electrons. The number of esters is 3. The quantitative estimate of drug-likeness (QED) is 0.0118. The minimum Gasteiger partial charge on any atom is -0.462 e. The highest BCUT2D eigenvalue weighted by Gasteiger charge is 2.55. The van der Waals surface area contributed by atoms with Crippen molar-refractivity contribution >= 4 is 45.4 Å². The topological polar surface area (TPSA) is 359 Å². The summed E-state index contributed by atoms with van der Waals surface area (Å²) in [5, 5.41) is 40.2. The van der Waals surface area contributed by atoms with Gasteiger partial charge in [0.25, 0.3) is 0 Å². The van der Waals surface area contributed by atoms with E-state index in [1.807, 2.05) is 0 Å². The zero-order chi connectivity index (χ0) is 90.6. The normalized spacial score (nSPS) is 19.8. The third-order valence-corrected chi connectivity index (χ3v) is 26.0. The van der Waals surface area contributed by atoms with Crippen LogP contribution in [0.15, 0.2) is 0 Å². The van der Waals surface area contributed by atoms with Gasteiger partial charge in [-0.15, -0.1) is 0 Å². The lowest BCUT2D eigenvalue weighted by Gasteiger charge is -2.47. The van der Waals surface area contributed by atoms with E-state index >= 15 is 4.79 Å². The van der Waals surface area contributed by atoms with Crippen LogP contribution in [0.3, 0.4) is 0 Å². The van der Waals surface area contributed by atoms with Gasteiger partial charge in [-0.25, -0.2) is 9.13 Å². The molecular weight excluding hydrogens is 1620 g/mol. The molecule has 2 rings (SSSR count). The third kappa shape index (κ3) is 65.8. The van der Waals surface area contributed by atoms with Crippen LogP contribution >= 0.6 is 15.6 Å². The average Bonchev–Trinajstić information content (AvgIpc) is 0.772. The maximum atomic E-state index is 15.1. The third-order valence-electron chi connectivity index (χ3n) is 25.0. The number of nitrogens with one attached hydrogen (secondary N) is 2. The summed E-state index contributed by atoms with van der Waals surface area (Å²) in [5.41, 5.74) is 0. The Morgan fingerprint density at radius 1 is 0.331 bits per heavy atom. The second-order valence-corrected chi connectivity index (χ2v) is 39.2. The van der Waals surface area contributed by atoms with Crippen LogP contribution in [0.5, 0.6) is 0 Å².